The number of carbonyl (C=O) groups is 2. The third-order valence-electron chi connectivity index (χ3n) is 5.34. The lowest BCUT2D eigenvalue weighted by atomic mass is 10.1. The largest absolute Gasteiger partial charge is 0.349 e. The summed E-state index contributed by atoms with van der Waals surface area (Å²) in [6.07, 6.45) is 2.64. The second kappa shape index (κ2) is 7.54. The van der Waals surface area contributed by atoms with Crippen LogP contribution in [-0.2, 0) is 7.05 Å². The van der Waals surface area contributed by atoms with E-state index in [1.54, 1.807) is 37.0 Å². The molecular weight excluding hydrogens is 364 g/mol. The van der Waals surface area contributed by atoms with Gasteiger partial charge in [-0.2, -0.15) is 5.10 Å². The summed E-state index contributed by atoms with van der Waals surface area (Å²) < 4.78 is 1.61. The van der Waals surface area contributed by atoms with Crippen molar-refractivity contribution in [3.63, 3.8) is 0 Å². The van der Waals surface area contributed by atoms with Gasteiger partial charge in [0.2, 0.25) is 0 Å². The molecule has 2 aromatic carbocycles. The molecule has 1 fully saturated rings. The SMILES string of the molecule is Cc1ccc(C(=O)N[C@@H]2C[C@H]2c2ccccc2)cc1NC(=O)c1cn(C)nc1C. The van der Waals surface area contributed by atoms with Crippen molar-refractivity contribution in [2.75, 3.05) is 5.32 Å². The summed E-state index contributed by atoms with van der Waals surface area (Å²) in [7, 11) is 1.78. The molecule has 6 heteroatoms. The normalized spacial score (nSPS) is 17.6. The van der Waals surface area contributed by atoms with E-state index in [0.717, 1.165) is 12.0 Å². The third-order valence-corrected chi connectivity index (χ3v) is 5.34. The fourth-order valence-corrected chi connectivity index (χ4v) is 3.58. The van der Waals surface area contributed by atoms with E-state index in [1.807, 2.05) is 31.2 Å². The highest BCUT2D eigenvalue weighted by molar-refractivity contribution is 6.06. The Hall–Kier alpha value is -3.41. The topological polar surface area (TPSA) is 76.0 Å². The number of hydrogen-bond donors (Lipinski definition) is 2. The van der Waals surface area contributed by atoms with E-state index in [0.29, 0.717) is 28.4 Å². The van der Waals surface area contributed by atoms with Crippen LogP contribution in [0.4, 0.5) is 5.69 Å². The number of hydrogen-bond acceptors (Lipinski definition) is 3. The Kier molecular flexibility index (Phi) is 4.92. The van der Waals surface area contributed by atoms with Gasteiger partial charge in [-0.3, -0.25) is 14.3 Å². The molecule has 1 heterocycles. The molecule has 0 spiro atoms. The van der Waals surface area contributed by atoms with Gasteiger partial charge >= 0.3 is 0 Å². The van der Waals surface area contributed by atoms with Crippen LogP contribution in [0.3, 0.4) is 0 Å². The number of nitrogens with one attached hydrogen (secondary N) is 2. The van der Waals surface area contributed by atoms with Gasteiger partial charge in [-0.25, -0.2) is 0 Å². The van der Waals surface area contributed by atoms with Gasteiger partial charge in [0.15, 0.2) is 0 Å². The maximum absolute atomic E-state index is 12.7. The Labute approximate surface area is 169 Å². The fourth-order valence-electron chi connectivity index (χ4n) is 3.58. The van der Waals surface area contributed by atoms with Gasteiger partial charge in [0.1, 0.15) is 0 Å². The predicted octanol–water partition coefficient (Wildman–Crippen LogP) is 3.58. The monoisotopic (exact) mass is 388 g/mol. The number of aromatic nitrogens is 2. The molecule has 1 aromatic heterocycles. The standard InChI is InChI=1S/C23H24N4O2/c1-14-9-10-17(11-20(14)24-23(29)19-13-27(3)26-15(19)2)22(28)25-21-12-18(21)16-7-5-4-6-8-16/h4-11,13,18,21H,12H2,1-3H3,(H,24,29)(H,25,28)/t18-,21+/m0/s1. The Morgan fingerprint density at radius 3 is 2.52 bits per heavy atom. The molecule has 2 N–H and O–H groups in total. The van der Waals surface area contributed by atoms with Crippen LogP contribution in [0.1, 0.15) is 49.9 Å². The minimum Gasteiger partial charge on any atom is -0.349 e. The molecule has 0 aliphatic heterocycles. The van der Waals surface area contributed by atoms with Gasteiger partial charge < -0.3 is 10.6 Å². The van der Waals surface area contributed by atoms with Crippen molar-refractivity contribution in [3.05, 3.63) is 82.7 Å². The number of benzene rings is 2. The molecule has 0 radical (unpaired) electrons. The maximum Gasteiger partial charge on any atom is 0.259 e. The van der Waals surface area contributed by atoms with Crippen LogP contribution >= 0.6 is 0 Å². The van der Waals surface area contributed by atoms with E-state index >= 15 is 0 Å². The van der Waals surface area contributed by atoms with Gasteiger partial charge in [-0.1, -0.05) is 36.4 Å². The number of aryl methyl sites for hydroxylation is 3. The van der Waals surface area contributed by atoms with Crippen molar-refractivity contribution in [1.29, 1.82) is 0 Å². The Balaban J connectivity index is 1.45. The second-order valence-corrected chi connectivity index (χ2v) is 7.62. The first-order valence-corrected chi connectivity index (χ1v) is 9.70. The first kappa shape index (κ1) is 18.9. The summed E-state index contributed by atoms with van der Waals surface area (Å²) in [5.74, 6) is 0.0161. The van der Waals surface area contributed by atoms with Crippen LogP contribution in [0.15, 0.2) is 54.7 Å². The van der Waals surface area contributed by atoms with Crippen molar-refractivity contribution in [2.24, 2.45) is 7.05 Å². The number of amides is 2. The second-order valence-electron chi connectivity index (χ2n) is 7.62. The summed E-state index contributed by atoms with van der Waals surface area (Å²) in [5.41, 5.74) is 4.49. The van der Waals surface area contributed by atoms with Crippen molar-refractivity contribution in [3.8, 4) is 0 Å². The van der Waals surface area contributed by atoms with Crippen LogP contribution < -0.4 is 10.6 Å². The molecule has 3 aromatic rings. The van der Waals surface area contributed by atoms with E-state index in [1.165, 1.54) is 5.56 Å². The third kappa shape index (κ3) is 4.06. The van der Waals surface area contributed by atoms with E-state index in [9.17, 15) is 9.59 Å². The minimum absolute atomic E-state index is 0.124. The Bertz CT molecular complexity index is 1070. The molecule has 1 aliphatic carbocycles. The first-order valence-electron chi connectivity index (χ1n) is 9.70. The smallest absolute Gasteiger partial charge is 0.259 e. The Morgan fingerprint density at radius 1 is 1.07 bits per heavy atom. The molecule has 148 valence electrons. The average Bonchev–Trinajstić information content (AvgIpc) is 3.38. The van der Waals surface area contributed by atoms with Crippen LogP contribution in [0.5, 0.6) is 0 Å². The quantitative estimate of drug-likeness (QED) is 0.701. The number of nitrogens with zero attached hydrogens (tertiary/aromatic N) is 2. The number of anilines is 1. The van der Waals surface area contributed by atoms with Crippen LogP contribution in [0, 0.1) is 13.8 Å². The highest BCUT2D eigenvalue weighted by atomic mass is 16.2. The van der Waals surface area contributed by atoms with E-state index in [4.69, 9.17) is 0 Å². The molecule has 6 nitrogen and oxygen atoms in total. The van der Waals surface area contributed by atoms with E-state index < -0.39 is 0 Å². The summed E-state index contributed by atoms with van der Waals surface area (Å²) >= 11 is 0. The lowest BCUT2D eigenvalue weighted by Gasteiger charge is -2.11. The minimum atomic E-state index is -0.234. The molecule has 0 unspecified atom stereocenters. The molecule has 0 bridgehead atoms. The van der Waals surface area contributed by atoms with Crippen molar-refractivity contribution in [1.82, 2.24) is 15.1 Å². The molecule has 0 saturated heterocycles. The maximum atomic E-state index is 12.7. The fraction of sp³-hybridized carbons (Fsp3) is 0.261. The molecule has 1 saturated carbocycles. The van der Waals surface area contributed by atoms with Crippen molar-refractivity contribution >= 4 is 17.5 Å². The zero-order chi connectivity index (χ0) is 20.5. The van der Waals surface area contributed by atoms with Crippen molar-refractivity contribution in [2.45, 2.75) is 32.2 Å². The lowest BCUT2D eigenvalue weighted by molar-refractivity contribution is 0.0949. The van der Waals surface area contributed by atoms with Crippen molar-refractivity contribution < 1.29 is 9.59 Å². The van der Waals surface area contributed by atoms with E-state index in [-0.39, 0.29) is 17.9 Å². The number of rotatable bonds is 5. The predicted molar refractivity (Wildman–Crippen MR) is 112 cm³/mol. The zero-order valence-electron chi connectivity index (χ0n) is 16.8. The lowest BCUT2D eigenvalue weighted by Crippen LogP contribution is -2.26. The van der Waals surface area contributed by atoms with Crippen LogP contribution in [0.25, 0.3) is 0 Å². The zero-order valence-corrected chi connectivity index (χ0v) is 16.8. The number of carbonyl (C=O) groups excluding carboxylic acids is 2. The Morgan fingerprint density at radius 2 is 1.83 bits per heavy atom. The summed E-state index contributed by atoms with van der Waals surface area (Å²) in [6, 6.07) is 15.7. The van der Waals surface area contributed by atoms with Gasteiger partial charge in [0.25, 0.3) is 11.8 Å². The van der Waals surface area contributed by atoms with Crippen LogP contribution in [0.2, 0.25) is 0 Å². The first-order chi connectivity index (χ1) is 13.9. The molecule has 29 heavy (non-hydrogen) atoms. The molecule has 2 atom stereocenters. The van der Waals surface area contributed by atoms with Gasteiger partial charge in [0, 0.05) is 36.5 Å². The van der Waals surface area contributed by atoms with E-state index in [2.05, 4.69) is 27.9 Å². The van der Waals surface area contributed by atoms with Gasteiger partial charge in [0.05, 0.1) is 11.3 Å². The molecule has 1 aliphatic rings. The summed E-state index contributed by atoms with van der Waals surface area (Å²) in [5, 5.41) is 10.2. The summed E-state index contributed by atoms with van der Waals surface area (Å²) in [6.45, 7) is 3.70. The summed E-state index contributed by atoms with van der Waals surface area (Å²) in [4.78, 5) is 25.3. The average molecular weight is 388 g/mol. The molecule has 2 amide bonds. The molecule has 4 rings (SSSR count). The molecular formula is C23H24N4O2. The van der Waals surface area contributed by atoms with Gasteiger partial charge in [-0.05, 0) is 43.5 Å². The van der Waals surface area contributed by atoms with Gasteiger partial charge in [-0.15, -0.1) is 0 Å². The highest BCUT2D eigenvalue weighted by Crippen LogP contribution is 2.40. The highest BCUT2D eigenvalue weighted by Gasteiger charge is 2.39. The van der Waals surface area contributed by atoms with Crippen LogP contribution in [-0.4, -0.2) is 27.6 Å².